The highest BCUT2D eigenvalue weighted by atomic mass is 79.9. The van der Waals surface area contributed by atoms with E-state index < -0.39 is 6.10 Å². The second-order valence-corrected chi connectivity index (χ2v) is 4.02. The third-order valence-corrected chi connectivity index (χ3v) is 2.80. The first kappa shape index (κ1) is 9.23. The summed E-state index contributed by atoms with van der Waals surface area (Å²) in [6, 6.07) is 5.74. The predicted octanol–water partition coefficient (Wildman–Crippen LogP) is 3.26. The van der Waals surface area contributed by atoms with Crippen LogP contribution in [0.4, 0.5) is 0 Å². The summed E-state index contributed by atoms with van der Waals surface area (Å²) in [7, 11) is 0. The summed E-state index contributed by atoms with van der Waals surface area (Å²) in [6.07, 6.45) is -0.444. The van der Waals surface area contributed by atoms with Crippen LogP contribution in [0.5, 0.6) is 0 Å². The van der Waals surface area contributed by atoms with Gasteiger partial charge in [0.15, 0.2) is 0 Å². The van der Waals surface area contributed by atoms with E-state index in [2.05, 4.69) is 31.9 Å². The molecule has 0 aliphatic carbocycles. The van der Waals surface area contributed by atoms with Gasteiger partial charge in [-0.25, -0.2) is 0 Å². The van der Waals surface area contributed by atoms with Crippen molar-refractivity contribution < 1.29 is 5.11 Å². The van der Waals surface area contributed by atoms with Gasteiger partial charge in [-0.1, -0.05) is 37.9 Å². The lowest BCUT2D eigenvalue weighted by Gasteiger charge is -2.08. The van der Waals surface area contributed by atoms with E-state index in [1.165, 1.54) is 0 Å². The molecule has 1 N–H and O–H groups in total. The molecular formula is C8H8Br2O. The number of hydrogen-bond acceptors (Lipinski definition) is 1. The summed E-state index contributed by atoms with van der Waals surface area (Å²) in [5, 5.41) is 9.33. The molecule has 3 heteroatoms. The van der Waals surface area contributed by atoms with Crippen molar-refractivity contribution >= 4 is 31.9 Å². The summed E-state index contributed by atoms with van der Waals surface area (Å²) < 4.78 is 1.86. The van der Waals surface area contributed by atoms with Crippen molar-refractivity contribution in [3.63, 3.8) is 0 Å². The molecule has 0 saturated heterocycles. The Kier molecular flexibility index (Phi) is 3.10. The van der Waals surface area contributed by atoms with E-state index in [-0.39, 0.29) is 0 Å². The molecule has 1 rings (SSSR count). The molecule has 0 radical (unpaired) electrons. The van der Waals surface area contributed by atoms with E-state index in [1.807, 2.05) is 18.2 Å². The zero-order valence-electron chi connectivity index (χ0n) is 6.01. The van der Waals surface area contributed by atoms with E-state index in [9.17, 15) is 5.11 Å². The summed E-state index contributed by atoms with van der Waals surface area (Å²) >= 11 is 6.72. The van der Waals surface area contributed by atoms with Crippen LogP contribution < -0.4 is 0 Å². The Hall–Kier alpha value is 0.140. The highest BCUT2D eigenvalue weighted by molar-refractivity contribution is 9.11. The lowest BCUT2D eigenvalue weighted by atomic mass is 10.1. The van der Waals surface area contributed by atoms with Crippen LogP contribution in [0.25, 0.3) is 0 Å². The van der Waals surface area contributed by atoms with Crippen molar-refractivity contribution in [3.05, 3.63) is 32.7 Å². The fourth-order valence-electron chi connectivity index (χ4n) is 0.910. The Balaban J connectivity index is 3.21. The number of benzene rings is 1. The number of hydrogen-bond donors (Lipinski definition) is 1. The van der Waals surface area contributed by atoms with Crippen LogP contribution >= 0.6 is 31.9 Å². The summed E-state index contributed by atoms with van der Waals surface area (Å²) in [4.78, 5) is 0. The number of halogens is 2. The minimum atomic E-state index is -0.444. The largest absolute Gasteiger partial charge is 0.389 e. The first-order chi connectivity index (χ1) is 5.13. The van der Waals surface area contributed by atoms with Gasteiger partial charge < -0.3 is 5.11 Å². The Morgan fingerprint density at radius 1 is 1.27 bits per heavy atom. The quantitative estimate of drug-likeness (QED) is 0.837. The zero-order chi connectivity index (χ0) is 8.43. The molecule has 0 aromatic heterocycles. The van der Waals surface area contributed by atoms with Gasteiger partial charge in [-0.3, -0.25) is 0 Å². The first-order valence-corrected chi connectivity index (χ1v) is 4.83. The van der Waals surface area contributed by atoms with Crippen LogP contribution in [-0.2, 0) is 0 Å². The van der Waals surface area contributed by atoms with Crippen molar-refractivity contribution in [1.82, 2.24) is 0 Å². The van der Waals surface area contributed by atoms with Gasteiger partial charge in [0.05, 0.1) is 6.10 Å². The maximum atomic E-state index is 9.33. The van der Waals surface area contributed by atoms with Gasteiger partial charge in [-0.2, -0.15) is 0 Å². The molecule has 1 aromatic rings. The molecule has 0 aliphatic rings. The summed E-state index contributed by atoms with van der Waals surface area (Å²) in [5.74, 6) is 0. The maximum absolute atomic E-state index is 9.33. The normalized spacial score (nSPS) is 13.1. The van der Waals surface area contributed by atoms with Crippen LogP contribution in [0.15, 0.2) is 27.1 Å². The Bertz CT molecular complexity index is 238. The monoisotopic (exact) mass is 278 g/mol. The van der Waals surface area contributed by atoms with Gasteiger partial charge in [0.2, 0.25) is 0 Å². The molecule has 0 aliphatic heterocycles. The van der Waals surface area contributed by atoms with Crippen molar-refractivity contribution in [2.24, 2.45) is 0 Å². The van der Waals surface area contributed by atoms with Gasteiger partial charge in [-0.05, 0) is 19.1 Å². The number of aliphatic hydroxyl groups is 1. The molecule has 0 fully saturated rings. The SMILES string of the molecule is CC(O)c1c(Br)cccc1Br. The van der Waals surface area contributed by atoms with Crippen LogP contribution in [0.1, 0.15) is 18.6 Å². The average molecular weight is 280 g/mol. The smallest absolute Gasteiger partial charge is 0.0783 e. The molecule has 11 heavy (non-hydrogen) atoms. The van der Waals surface area contributed by atoms with Gasteiger partial charge in [0, 0.05) is 14.5 Å². The highest BCUT2D eigenvalue weighted by Gasteiger charge is 2.08. The molecule has 0 amide bonds. The number of rotatable bonds is 1. The number of aliphatic hydroxyl groups excluding tert-OH is 1. The molecule has 0 spiro atoms. The molecule has 1 aromatic carbocycles. The Morgan fingerprint density at radius 3 is 2.00 bits per heavy atom. The minimum Gasteiger partial charge on any atom is -0.389 e. The highest BCUT2D eigenvalue weighted by Crippen LogP contribution is 2.30. The lowest BCUT2D eigenvalue weighted by Crippen LogP contribution is -1.93. The first-order valence-electron chi connectivity index (χ1n) is 3.25. The Morgan fingerprint density at radius 2 is 1.73 bits per heavy atom. The van der Waals surface area contributed by atoms with Gasteiger partial charge in [-0.15, -0.1) is 0 Å². The van der Waals surface area contributed by atoms with Crippen LogP contribution in [0.2, 0.25) is 0 Å². The second kappa shape index (κ2) is 3.70. The summed E-state index contributed by atoms with van der Waals surface area (Å²) in [6.45, 7) is 1.74. The Labute approximate surface area is 82.7 Å². The van der Waals surface area contributed by atoms with E-state index in [0.29, 0.717) is 0 Å². The zero-order valence-corrected chi connectivity index (χ0v) is 9.18. The van der Waals surface area contributed by atoms with Crippen molar-refractivity contribution in [2.45, 2.75) is 13.0 Å². The molecule has 0 bridgehead atoms. The maximum Gasteiger partial charge on any atom is 0.0783 e. The van der Waals surface area contributed by atoms with Crippen molar-refractivity contribution in [3.8, 4) is 0 Å². The van der Waals surface area contributed by atoms with E-state index in [4.69, 9.17) is 0 Å². The van der Waals surface area contributed by atoms with Gasteiger partial charge in [0.25, 0.3) is 0 Å². The molecule has 1 nitrogen and oxygen atoms in total. The molecular weight excluding hydrogens is 272 g/mol. The topological polar surface area (TPSA) is 20.2 Å². The fraction of sp³-hybridized carbons (Fsp3) is 0.250. The van der Waals surface area contributed by atoms with Gasteiger partial charge in [0.1, 0.15) is 0 Å². The van der Waals surface area contributed by atoms with E-state index in [0.717, 1.165) is 14.5 Å². The fourth-order valence-corrected chi connectivity index (χ4v) is 2.57. The van der Waals surface area contributed by atoms with E-state index >= 15 is 0 Å². The molecule has 1 unspecified atom stereocenters. The standard InChI is InChI=1S/C8H8Br2O/c1-5(11)8-6(9)3-2-4-7(8)10/h2-5,11H,1H3. The summed E-state index contributed by atoms with van der Waals surface area (Å²) in [5.41, 5.74) is 0.896. The second-order valence-electron chi connectivity index (χ2n) is 2.31. The average Bonchev–Trinajstić information content (AvgIpc) is 1.85. The molecule has 0 heterocycles. The van der Waals surface area contributed by atoms with Crippen LogP contribution in [0.3, 0.4) is 0 Å². The van der Waals surface area contributed by atoms with E-state index in [1.54, 1.807) is 6.92 Å². The third-order valence-electron chi connectivity index (χ3n) is 1.42. The molecule has 0 saturated carbocycles. The van der Waals surface area contributed by atoms with Crippen molar-refractivity contribution in [1.29, 1.82) is 0 Å². The van der Waals surface area contributed by atoms with Crippen LogP contribution in [0, 0.1) is 0 Å². The van der Waals surface area contributed by atoms with Crippen molar-refractivity contribution in [2.75, 3.05) is 0 Å². The molecule has 1 atom stereocenters. The van der Waals surface area contributed by atoms with Crippen LogP contribution in [-0.4, -0.2) is 5.11 Å². The molecule has 60 valence electrons. The third kappa shape index (κ3) is 2.04. The lowest BCUT2D eigenvalue weighted by molar-refractivity contribution is 0.197. The van der Waals surface area contributed by atoms with Gasteiger partial charge >= 0.3 is 0 Å². The predicted molar refractivity (Wildman–Crippen MR) is 52.5 cm³/mol. The minimum absolute atomic E-state index is 0.444.